The summed E-state index contributed by atoms with van der Waals surface area (Å²) in [7, 11) is -1.41. The van der Waals surface area contributed by atoms with Gasteiger partial charge in [0.15, 0.2) is 0 Å². The first-order valence-corrected chi connectivity index (χ1v) is 4.79. The molecule has 0 saturated heterocycles. The van der Waals surface area contributed by atoms with Crippen molar-refractivity contribution in [1.29, 1.82) is 0 Å². The zero-order chi connectivity index (χ0) is 8.69. The van der Waals surface area contributed by atoms with E-state index < -0.39 is 13.7 Å². The average Bonchev–Trinajstić information content (AvgIpc) is 2.03. The van der Waals surface area contributed by atoms with Crippen LogP contribution in [0.5, 0.6) is 0 Å². The van der Waals surface area contributed by atoms with Crippen LogP contribution >= 0.6 is 8.03 Å². The predicted octanol–water partition coefficient (Wildman–Crippen LogP) is 2.04. The van der Waals surface area contributed by atoms with E-state index in [1.54, 1.807) is 0 Å². The first-order valence-electron chi connectivity index (χ1n) is 3.47. The zero-order valence-electron chi connectivity index (χ0n) is 6.75. The number of methoxy groups -OCH3 is 1. The van der Waals surface area contributed by atoms with Crippen molar-refractivity contribution < 1.29 is 18.6 Å². The Morgan fingerprint density at radius 3 is 2.64 bits per heavy atom. The summed E-state index contributed by atoms with van der Waals surface area (Å²) in [6.45, 7) is 2.35. The van der Waals surface area contributed by atoms with Crippen molar-refractivity contribution in [1.82, 2.24) is 0 Å². The lowest BCUT2D eigenvalue weighted by atomic mass is 10.4. The van der Waals surface area contributed by atoms with Crippen molar-refractivity contribution in [3.05, 3.63) is 0 Å². The molecule has 5 heteroatoms. The van der Waals surface area contributed by atoms with E-state index in [-0.39, 0.29) is 0 Å². The molecule has 0 aliphatic heterocycles. The molecule has 0 amide bonds. The Morgan fingerprint density at radius 1 is 1.55 bits per heavy atom. The molecule has 0 aromatic rings. The normalized spacial score (nSPS) is 12.5. The second-order valence-electron chi connectivity index (χ2n) is 1.98. The van der Waals surface area contributed by atoms with Crippen LogP contribution in [0.4, 0.5) is 4.79 Å². The van der Waals surface area contributed by atoms with Gasteiger partial charge in [-0.3, -0.25) is 4.57 Å². The summed E-state index contributed by atoms with van der Waals surface area (Å²) in [5.74, 6) is 0. The Bertz CT molecular complexity index is 146. The molecule has 0 aliphatic rings. The van der Waals surface area contributed by atoms with E-state index in [9.17, 15) is 9.36 Å². The maximum atomic E-state index is 10.7. The molecule has 1 unspecified atom stereocenters. The fourth-order valence-electron chi connectivity index (χ4n) is 0.451. The molecule has 0 rings (SSSR count). The van der Waals surface area contributed by atoms with E-state index >= 15 is 0 Å². The maximum absolute atomic E-state index is 10.7. The van der Waals surface area contributed by atoms with Gasteiger partial charge in [-0.25, -0.2) is 4.79 Å². The molecular weight excluding hydrogens is 167 g/mol. The number of unbranched alkanes of at least 4 members (excludes halogenated alkanes) is 1. The Morgan fingerprint density at radius 2 is 2.18 bits per heavy atom. The Balaban J connectivity index is 3.44. The summed E-state index contributed by atoms with van der Waals surface area (Å²) in [4.78, 5) is 10.5. The van der Waals surface area contributed by atoms with Crippen LogP contribution in [0.3, 0.4) is 0 Å². The molecule has 0 aromatic carbocycles. The summed E-state index contributed by atoms with van der Waals surface area (Å²) in [5, 5.41) is 0. The third-order valence-electron chi connectivity index (χ3n) is 1.08. The molecule has 0 aromatic heterocycles. The van der Waals surface area contributed by atoms with Crippen molar-refractivity contribution >= 4 is 13.7 Å². The molecule has 0 fully saturated rings. The van der Waals surface area contributed by atoms with Gasteiger partial charge < -0.3 is 9.26 Å². The molecular formula is C6H13O4P. The predicted molar refractivity (Wildman–Crippen MR) is 42.3 cm³/mol. The van der Waals surface area contributed by atoms with E-state index in [1.165, 1.54) is 7.11 Å². The highest BCUT2D eigenvalue weighted by atomic mass is 31.1. The molecule has 0 radical (unpaired) electrons. The second kappa shape index (κ2) is 6.38. The Hall–Kier alpha value is -0.340. The van der Waals surface area contributed by atoms with Gasteiger partial charge in [-0.15, -0.1) is 0 Å². The monoisotopic (exact) mass is 180 g/mol. The number of carbonyl (C=O) groups excluding carboxylic acids is 1. The third-order valence-corrected chi connectivity index (χ3v) is 2.09. The minimum atomic E-state index is -2.60. The molecule has 1 atom stereocenters. The van der Waals surface area contributed by atoms with Gasteiger partial charge in [0.1, 0.15) is 0 Å². The quantitative estimate of drug-likeness (QED) is 0.480. The Labute approximate surface area is 66.7 Å². The molecule has 4 nitrogen and oxygen atoms in total. The summed E-state index contributed by atoms with van der Waals surface area (Å²) in [5.41, 5.74) is -0.758. The van der Waals surface area contributed by atoms with Gasteiger partial charge >= 0.3 is 5.71 Å². The molecule has 0 heterocycles. The summed E-state index contributed by atoms with van der Waals surface area (Å²) >= 11 is 0. The number of hydrogen-bond acceptors (Lipinski definition) is 4. The maximum Gasteiger partial charge on any atom is 0.388 e. The van der Waals surface area contributed by atoms with Gasteiger partial charge in [-0.1, -0.05) is 13.3 Å². The van der Waals surface area contributed by atoms with E-state index in [2.05, 4.69) is 4.74 Å². The lowest BCUT2D eigenvalue weighted by Gasteiger charge is -2.00. The van der Waals surface area contributed by atoms with E-state index in [0.29, 0.717) is 6.61 Å². The smallest absolute Gasteiger partial charge is 0.388 e. The number of rotatable bonds is 5. The van der Waals surface area contributed by atoms with Gasteiger partial charge in [0.2, 0.25) is 0 Å². The van der Waals surface area contributed by atoms with Gasteiger partial charge in [-0.05, 0) is 6.42 Å². The first kappa shape index (κ1) is 10.7. The second-order valence-corrected chi connectivity index (χ2v) is 3.25. The molecule has 0 aliphatic carbocycles. The van der Waals surface area contributed by atoms with Crippen LogP contribution in [0.2, 0.25) is 0 Å². The molecule has 0 bridgehead atoms. The van der Waals surface area contributed by atoms with Crippen LogP contribution in [0.1, 0.15) is 19.8 Å². The van der Waals surface area contributed by atoms with Gasteiger partial charge in [0, 0.05) is 0 Å². The van der Waals surface area contributed by atoms with Gasteiger partial charge in [0.05, 0.1) is 13.7 Å². The molecule has 0 saturated carbocycles. The minimum absolute atomic E-state index is 0.364. The van der Waals surface area contributed by atoms with Crippen LogP contribution < -0.4 is 0 Å². The summed E-state index contributed by atoms with van der Waals surface area (Å²) in [6.07, 6.45) is 1.77. The SMILES string of the molecule is CCCCO[PH](=O)C(=O)OC. The van der Waals surface area contributed by atoms with Crippen LogP contribution in [0.15, 0.2) is 0 Å². The molecule has 66 valence electrons. The lowest BCUT2D eigenvalue weighted by Crippen LogP contribution is -1.94. The number of carbonyl (C=O) groups is 1. The Kier molecular flexibility index (Phi) is 6.18. The largest absolute Gasteiger partial charge is 0.462 e. The standard InChI is InChI=1S/C6H13O4P/c1-3-4-5-10-11(8)6(7)9-2/h11H,3-5H2,1-2H3. The van der Waals surface area contributed by atoms with E-state index in [0.717, 1.165) is 12.8 Å². The molecule has 0 N–H and O–H groups in total. The summed E-state index contributed by atoms with van der Waals surface area (Å²) in [6, 6.07) is 0. The van der Waals surface area contributed by atoms with E-state index in [1.807, 2.05) is 6.92 Å². The number of ether oxygens (including phenoxy) is 1. The van der Waals surface area contributed by atoms with Crippen molar-refractivity contribution in [2.75, 3.05) is 13.7 Å². The van der Waals surface area contributed by atoms with E-state index in [4.69, 9.17) is 4.52 Å². The van der Waals surface area contributed by atoms with Crippen LogP contribution in [0.25, 0.3) is 0 Å². The van der Waals surface area contributed by atoms with Gasteiger partial charge in [0.25, 0.3) is 8.03 Å². The zero-order valence-corrected chi connectivity index (χ0v) is 7.75. The van der Waals surface area contributed by atoms with Crippen molar-refractivity contribution in [2.24, 2.45) is 0 Å². The molecule has 0 spiro atoms. The topological polar surface area (TPSA) is 52.6 Å². The highest BCUT2D eigenvalue weighted by Crippen LogP contribution is 2.24. The van der Waals surface area contributed by atoms with Crippen LogP contribution in [0, 0.1) is 0 Å². The lowest BCUT2D eigenvalue weighted by molar-refractivity contribution is 0.191. The fraction of sp³-hybridized carbons (Fsp3) is 0.833. The first-order chi connectivity index (χ1) is 5.22. The van der Waals surface area contributed by atoms with Gasteiger partial charge in [-0.2, -0.15) is 0 Å². The van der Waals surface area contributed by atoms with Crippen molar-refractivity contribution in [3.8, 4) is 0 Å². The van der Waals surface area contributed by atoms with Crippen LogP contribution in [-0.2, 0) is 13.8 Å². The average molecular weight is 180 g/mol. The number of hydrogen-bond donors (Lipinski definition) is 0. The summed E-state index contributed by atoms with van der Waals surface area (Å²) < 4.78 is 19.7. The fourth-order valence-corrected chi connectivity index (χ4v) is 1.07. The molecule has 11 heavy (non-hydrogen) atoms. The highest BCUT2D eigenvalue weighted by molar-refractivity contribution is 7.58. The third kappa shape index (κ3) is 4.99. The van der Waals surface area contributed by atoms with Crippen molar-refractivity contribution in [3.63, 3.8) is 0 Å². The highest BCUT2D eigenvalue weighted by Gasteiger charge is 2.10. The minimum Gasteiger partial charge on any atom is -0.462 e. The van der Waals surface area contributed by atoms with Crippen LogP contribution in [-0.4, -0.2) is 19.4 Å². The van der Waals surface area contributed by atoms with Crippen molar-refractivity contribution in [2.45, 2.75) is 19.8 Å².